The number of methoxy groups -OCH3 is 1. The van der Waals surface area contributed by atoms with Gasteiger partial charge in [0.25, 0.3) is 0 Å². The molecule has 0 aliphatic carbocycles. The number of aliphatic hydroxyl groups is 1. The number of likely N-dealkylation sites (tertiary alicyclic amines) is 1. The molecule has 4 heteroatoms. The van der Waals surface area contributed by atoms with Crippen LogP contribution < -0.4 is 10.5 Å². The Balaban J connectivity index is 1.99. The summed E-state index contributed by atoms with van der Waals surface area (Å²) in [5.41, 5.74) is 7.65. The second-order valence-electron chi connectivity index (χ2n) is 4.58. The van der Waals surface area contributed by atoms with Crippen LogP contribution in [-0.4, -0.2) is 36.3 Å². The fourth-order valence-electron chi connectivity index (χ4n) is 2.19. The molecular weight excluding hydrogens is 216 g/mol. The minimum Gasteiger partial charge on any atom is -0.495 e. The zero-order valence-electron chi connectivity index (χ0n) is 10.2. The standard InChI is InChI=1S/C13H20N2O2/c1-17-13-8-10(2-3-12(13)14)9-15-6-4-11(16)5-7-15/h2-3,8,11,16H,4-7,9,14H2,1H3. The van der Waals surface area contributed by atoms with Crippen LogP contribution in [-0.2, 0) is 6.54 Å². The van der Waals surface area contributed by atoms with Gasteiger partial charge in [-0.2, -0.15) is 0 Å². The lowest BCUT2D eigenvalue weighted by molar-refractivity contribution is 0.0792. The molecule has 1 aromatic carbocycles. The van der Waals surface area contributed by atoms with E-state index < -0.39 is 0 Å². The molecule has 0 aromatic heterocycles. The molecule has 1 aliphatic rings. The molecule has 1 heterocycles. The minimum atomic E-state index is -0.118. The summed E-state index contributed by atoms with van der Waals surface area (Å²) in [7, 11) is 1.63. The highest BCUT2D eigenvalue weighted by atomic mass is 16.5. The Hall–Kier alpha value is -1.26. The average Bonchev–Trinajstić information content (AvgIpc) is 2.34. The summed E-state index contributed by atoms with van der Waals surface area (Å²) in [5, 5.41) is 9.45. The van der Waals surface area contributed by atoms with Crippen LogP contribution >= 0.6 is 0 Å². The molecule has 0 unspecified atom stereocenters. The average molecular weight is 236 g/mol. The molecule has 0 saturated carbocycles. The Morgan fingerprint density at radius 2 is 2.12 bits per heavy atom. The van der Waals surface area contributed by atoms with Gasteiger partial charge < -0.3 is 15.6 Å². The van der Waals surface area contributed by atoms with Crippen molar-refractivity contribution in [2.75, 3.05) is 25.9 Å². The maximum atomic E-state index is 9.45. The van der Waals surface area contributed by atoms with Crippen molar-refractivity contribution in [1.29, 1.82) is 0 Å². The van der Waals surface area contributed by atoms with Gasteiger partial charge in [-0.1, -0.05) is 6.07 Å². The van der Waals surface area contributed by atoms with Crippen LogP contribution in [0, 0.1) is 0 Å². The maximum Gasteiger partial charge on any atom is 0.142 e. The molecule has 94 valence electrons. The highest BCUT2D eigenvalue weighted by Gasteiger charge is 2.17. The number of nitrogen functional groups attached to an aromatic ring is 1. The molecule has 0 radical (unpaired) electrons. The third-order valence-electron chi connectivity index (χ3n) is 3.26. The molecule has 1 saturated heterocycles. The first kappa shape index (κ1) is 12.2. The predicted molar refractivity (Wildman–Crippen MR) is 67.9 cm³/mol. The summed E-state index contributed by atoms with van der Waals surface area (Å²) >= 11 is 0. The normalized spacial score (nSPS) is 18.2. The summed E-state index contributed by atoms with van der Waals surface area (Å²) in [4.78, 5) is 2.34. The van der Waals surface area contributed by atoms with Gasteiger partial charge in [0.05, 0.1) is 18.9 Å². The summed E-state index contributed by atoms with van der Waals surface area (Å²) in [6.45, 7) is 2.80. The molecule has 4 nitrogen and oxygen atoms in total. The van der Waals surface area contributed by atoms with E-state index in [-0.39, 0.29) is 6.10 Å². The zero-order chi connectivity index (χ0) is 12.3. The number of rotatable bonds is 3. The van der Waals surface area contributed by atoms with Crippen LogP contribution in [0.3, 0.4) is 0 Å². The Kier molecular flexibility index (Phi) is 3.86. The molecule has 0 spiro atoms. The summed E-state index contributed by atoms with van der Waals surface area (Å²) in [5.74, 6) is 0.736. The van der Waals surface area contributed by atoms with Crippen molar-refractivity contribution in [2.24, 2.45) is 0 Å². The molecule has 0 bridgehead atoms. The summed E-state index contributed by atoms with van der Waals surface area (Å²) in [6, 6.07) is 5.90. The molecule has 3 N–H and O–H groups in total. The molecule has 2 rings (SSSR count). The van der Waals surface area contributed by atoms with Crippen LogP contribution in [0.5, 0.6) is 5.75 Å². The lowest BCUT2D eigenvalue weighted by Crippen LogP contribution is -2.35. The second kappa shape index (κ2) is 5.38. The number of anilines is 1. The number of aliphatic hydroxyl groups excluding tert-OH is 1. The highest BCUT2D eigenvalue weighted by Crippen LogP contribution is 2.23. The first-order chi connectivity index (χ1) is 8.19. The van der Waals surface area contributed by atoms with Crippen molar-refractivity contribution in [3.63, 3.8) is 0 Å². The van der Waals surface area contributed by atoms with Gasteiger partial charge >= 0.3 is 0 Å². The summed E-state index contributed by atoms with van der Waals surface area (Å²) in [6.07, 6.45) is 1.62. The van der Waals surface area contributed by atoms with Crippen molar-refractivity contribution < 1.29 is 9.84 Å². The van der Waals surface area contributed by atoms with Crippen molar-refractivity contribution >= 4 is 5.69 Å². The van der Waals surface area contributed by atoms with Gasteiger partial charge in [0.1, 0.15) is 5.75 Å². The van der Waals surface area contributed by atoms with E-state index in [2.05, 4.69) is 4.90 Å². The monoisotopic (exact) mass is 236 g/mol. The van der Waals surface area contributed by atoms with E-state index in [1.165, 1.54) is 5.56 Å². The van der Waals surface area contributed by atoms with Crippen molar-refractivity contribution in [1.82, 2.24) is 4.90 Å². The first-order valence-corrected chi connectivity index (χ1v) is 6.02. The van der Waals surface area contributed by atoms with Gasteiger partial charge in [-0.15, -0.1) is 0 Å². The number of hydrogen-bond donors (Lipinski definition) is 2. The fraction of sp³-hybridized carbons (Fsp3) is 0.538. The van der Waals surface area contributed by atoms with Crippen molar-refractivity contribution in [2.45, 2.75) is 25.5 Å². The van der Waals surface area contributed by atoms with E-state index in [1.807, 2.05) is 18.2 Å². The SMILES string of the molecule is COc1cc(CN2CCC(O)CC2)ccc1N. The van der Waals surface area contributed by atoms with Crippen LogP contribution in [0.4, 0.5) is 5.69 Å². The Bertz CT molecular complexity index is 374. The van der Waals surface area contributed by atoms with E-state index in [9.17, 15) is 5.11 Å². The lowest BCUT2D eigenvalue weighted by Gasteiger charge is -2.29. The smallest absolute Gasteiger partial charge is 0.142 e. The topological polar surface area (TPSA) is 58.7 Å². The third kappa shape index (κ3) is 3.11. The molecule has 0 amide bonds. The quantitative estimate of drug-likeness (QED) is 0.775. The zero-order valence-corrected chi connectivity index (χ0v) is 10.2. The Morgan fingerprint density at radius 1 is 1.41 bits per heavy atom. The molecule has 0 atom stereocenters. The van der Waals surface area contributed by atoms with Gasteiger partial charge in [-0.05, 0) is 30.5 Å². The number of piperidine rings is 1. The number of nitrogens with zero attached hydrogens (tertiary/aromatic N) is 1. The molecule has 1 fully saturated rings. The van der Waals surface area contributed by atoms with Gasteiger partial charge in [-0.25, -0.2) is 0 Å². The van der Waals surface area contributed by atoms with E-state index in [0.717, 1.165) is 38.2 Å². The van der Waals surface area contributed by atoms with E-state index >= 15 is 0 Å². The second-order valence-corrected chi connectivity index (χ2v) is 4.58. The molecule has 1 aromatic rings. The fourth-order valence-corrected chi connectivity index (χ4v) is 2.19. The number of nitrogens with two attached hydrogens (primary N) is 1. The van der Waals surface area contributed by atoms with E-state index in [0.29, 0.717) is 5.69 Å². The largest absolute Gasteiger partial charge is 0.495 e. The van der Waals surface area contributed by atoms with Crippen molar-refractivity contribution in [3.8, 4) is 5.75 Å². The van der Waals surface area contributed by atoms with Gasteiger partial charge in [0, 0.05) is 19.6 Å². The van der Waals surface area contributed by atoms with Crippen LogP contribution in [0.15, 0.2) is 18.2 Å². The number of hydrogen-bond acceptors (Lipinski definition) is 4. The number of ether oxygens (including phenoxy) is 1. The summed E-state index contributed by atoms with van der Waals surface area (Å²) < 4.78 is 5.21. The highest BCUT2D eigenvalue weighted by molar-refractivity contribution is 5.53. The van der Waals surface area contributed by atoms with E-state index in [1.54, 1.807) is 7.11 Å². The van der Waals surface area contributed by atoms with Crippen LogP contribution in [0.1, 0.15) is 18.4 Å². The Morgan fingerprint density at radius 3 is 2.76 bits per heavy atom. The van der Waals surface area contributed by atoms with Crippen molar-refractivity contribution in [3.05, 3.63) is 23.8 Å². The molecule has 1 aliphatic heterocycles. The predicted octanol–water partition coefficient (Wildman–Crippen LogP) is 1.23. The van der Waals surface area contributed by atoms with E-state index in [4.69, 9.17) is 10.5 Å². The lowest BCUT2D eigenvalue weighted by atomic mass is 10.1. The third-order valence-corrected chi connectivity index (χ3v) is 3.26. The van der Waals surface area contributed by atoms with Gasteiger partial charge in [0.2, 0.25) is 0 Å². The number of benzene rings is 1. The van der Waals surface area contributed by atoms with Gasteiger partial charge in [-0.3, -0.25) is 4.90 Å². The van der Waals surface area contributed by atoms with Gasteiger partial charge in [0.15, 0.2) is 0 Å². The first-order valence-electron chi connectivity index (χ1n) is 6.02. The van der Waals surface area contributed by atoms with Crippen LogP contribution in [0.2, 0.25) is 0 Å². The minimum absolute atomic E-state index is 0.118. The maximum absolute atomic E-state index is 9.45. The molecule has 17 heavy (non-hydrogen) atoms. The molecular formula is C13H20N2O2. The Labute approximate surface area is 102 Å². The van der Waals surface area contributed by atoms with Crippen LogP contribution in [0.25, 0.3) is 0 Å².